The van der Waals surface area contributed by atoms with E-state index in [9.17, 15) is 13.2 Å². The number of aromatic nitrogens is 3. The molecule has 0 aromatic carbocycles. The van der Waals surface area contributed by atoms with Crippen LogP contribution in [0.3, 0.4) is 0 Å². The second kappa shape index (κ2) is 9.35. The van der Waals surface area contributed by atoms with Gasteiger partial charge in [0.15, 0.2) is 5.15 Å². The maximum Gasteiger partial charge on any atom is 0.417 e. The van der Waals surface area contributed by atoms with Crippen molar-refractivity contribution >= 4 is 11.6 Å². The average Bonchev–Trinajstić information content (AvgIpc) is 2.47. The third-order valence-corrected chi connectivity index (χ3v) is 2.63. The first-order valence-electron chi connectivity index (χ1n) is 6.66. The van der Waals surface area contributed by atoms with E-state index in [1.807, 2.05) is 26.8 Å². The Morgan fingerprint density at radius 2 is 1.59 bits per heavy atom. The highest BCUT2D eigenvalue weighted by Gasteiger charge is 2.30. The molecule has 122 valence electrons. The molecule has 0 aliphatic heterocycles. The van der Waals surface area contributed by atoms with Gasteiger partial charge >= 0.3 is 6.18 Å². The van der Waals surface area contributed by atoms with Crippen molar-refractivity contribution in [3.8, 4) is 0 Å². The average molecular weight is 334 g/mol. The molecule has 0 atom stereocenters. The molecule has 0 bridgehead atoms. The molecule has 7 heteroatoms. The van der Waals surface area contributed by atoms with Gasteiger partial charge in [-0.15, -0.1) is 5.10 Å². The number of hydrogen-bond donors (Lipinski definition) is 0. The molecular formula is C15H19ClF3N3. The second-order valence-electron chi connectivity index (χ2n) is 4.12. The highest BCUT2D eigenvalue weighted by molar-refractivity contribution is 6.29. The molecule has 2 rings (SSSR count). The summed E-state index contributed by atoms with van der Waals surface area (Å²) in [5.41, 5.74) is 1.38. The SMILES string of the molecule is CC.Cc1cc(C(F)(F)F)cnc1C.Cc1ccc(Cl)nn1. The van der Waals surface area contributed by atoms with Crippen LogP contribution in [-0.4, -0.2) is 15.2 Å². The van der Waals surface area contributed by atoms with Crippen molar-refractivity contribution in [2.45, 2.75) is 40.8 Å². The molecule has 0 N–H and O–H groups in total. The van der Waals surface area contributed by atoms with Crippen LogP contribution in [0.15, 0.2) is 24.4 Å². The molecule has 0 aliphatic rings. The summed E-state index contributed by atoms with van der Waals surface area (Å²) in [6.07, 6.45) is -3.44. The van der Waals surface area contributed by atoms with Gasteiger partial charge in [-0.25, -0.2) is 0 Å². The predicted octanol–water partition coefficient (Wildman–Crippen LogP) is 5.18. The number of nitrogens with zero attached hydrogens (tertiary/aromatic N) is 3. The fourth-order valence-electron chi connectivity index (χ4n) is 1.18. The van der Waals surface area contributed by atoms with Crippen LogP contribution in [0.2, 0.25) is 5.15 Å². The number of halogens is 4. The van der Waals surface area contributed by atoms with Crippen LogP contribution in [0.25, 0.3) is 0 Å². The number of pyridine rings is 1. The minimum atomic E-state index is -4.29. The summed E-state index contributed by atoms with van der Waals surface area (Å²) >= 11 is 5.44. The Hall–Kier alpha value is -1.69. The molecule has 0 saturated heterocycles. The zero-order valence-electron chi connectivity index (χ0n) is 13.2. The van der Waals surface area contributed by atoms with Crippen molar-refractivity contribution in [3.05, 3.63) is 52.1 Å². The van der Waals surface area contributed by atoms with E-state index >= 15 is 0 Å². The van der Waals surface area contributed by atoms with E-state index < -0.39 is 11.7 Å². The third-order valence-electron chi connectivity index (χ3n) is 2.43. The molecule has 0 fully saturated rings. The van der Waals surface area contributed by atoms with Gasteiger partial charge in [0.2, 0.25) is 0 Å². The number of rotatable bonds is 0. The lowest BCUT2D eigenvalue weighted by atomic mass is 10.1. The third kappa shape index (κ3) is 7.36. The molecule has 3 nitrogen and oxygen atoms in total. The van der Waals surface area contributed by atoms with Crippen LogP contribution in [0.4, 0.5) is 13.2 Å². The fourth-order valence-corrected chi connectivity index (χ4v) is 1.28. The van der Waals surface area contributed by atoms with Gasteiger partial charge in [-0.1, -0.05) is 25.4 Å². The number of hydrogen-bond acceptors (Lipinski definition) is 3. The van der Waals surface area contributed by atoms with Crippen molar-refractivity contribution in [2.24, 2.45) is 0 Å². The lowest BCUT2D eigenvalue weighted by Crippen LogP contribution is -2.06. The second-order valence-corrected chi connectivity index (χ2v) is 4.51. The molecule has 2 aromatic rings. The lowest BCUT2D eigenvalue weighted by molar-refractivity contribution is -0.137. The van der Waals surface area contributed by atoms with Gasteiger partial charge in [-0.2, -0.15) is 18.3 Å². The topological polar surface area (TPSA) is 38.7 Å². The zero-order valence-corrected chi connectivity index (χ0v) is 13.9. The van der Waals surface area contributed by atoms with E-state index in [0.717, 1.165) is 18.0 Å². The summed E-state index contributed by atoms with van der Waals surface area (Å²) in [5.74, 6) is 0. The Morgan fingerprint density at radius 3 is 1.95 bits per heavy atom. The van der Waals surface area contributed by atoms with Crippen LogP contribution >= 0.6 is 11.6 Å². The summed E-state index contributed by atoms with van der Waals surface area (Å²) in [4.78, 5) is 3.63. The molecule has 2 heterocycles. The first-order valence-corrected chi connectivity index (χ1v) is 7.04. The largest absolute Gasteiger partial charge is 0.417 e. The van der Waals surface area contributed by atoms with E-state index in [2.05, 4.69) is 15.2 Å². The Bertz CT molecular complexity index is 548. The highest BCUT2D eigenvalue weighted by atomic mass is 35.5. The van der Waals surface area contributed by atoms with E-state index in [0.29, 0.717) is 16.4 Å². The maximum absolute atomic E-state index is 12.1. The number of aryl methyl sites for hydroxylation is 3. The van der Waals surface area contributed by atoms with E-state index in [1.54, 1.807) is 19.9 Å². The van der Waals surface area contributed by atoms with Crippen molar-refractivity contribution in [1.29, 1.82) is 0 Å². The maximum atomic E-state index is 12.1. The summed E-state index contributed by atoms with van der Waals surface area (Å²) in [7, 11) is 0. The standard InChI is InChI=1S/C8H8F3N.C5H5ClN2.C2H6/c1-5-3-7(8(9,10)11)4-12-6(5)2;1-4-2-3-5(6)8-7-4;1-2/h3-4H,1-2H3;2-3H,1H3;1-2H3. The van der Waals surface area contributed by atoms with Crippen molar-refractivity contribution in [2.75, 3.05) is 0 Å². The van der Waals surface area contributed by atoms with Gasteiger partial charge in [0.05, 0.1) is 11.3 Å². The molecule has 0 aliphatic carbocycles. The summed E-state index contributed by atoms with van der Waals surface area (Å²) in [6, 6.07) is 4.63. The minimum Gasteiger partial charge on any atom is -0.261 e. The Balaban J connectivity index is 0.000000382. The molecule has 0 radical (unpaired) electrons. The van der Waals surface area contributed by atoms with E-state index in [-0.39, 0.29) is 0 Å². The molecular weight excluding hydrogens is 315 g/mol. The Morgan fingerprint density at radius 1 is 1.00 bits per heavy atom. The van der Waals surface area contributed by atoms with Crippen LogP contribution in [-0.2, 0) is 6.18 Å². The molecule has 0 amide bonds. The molecule has 22 heavy (non-hydrogen) atoms. The van der Waals surface area contributed by atoms with Gasteiger partial charge in [-0.05, 0) is 44.5 Å². The van der Waals surface area contributed by atoms with Crippen LogP contribution < -0.4 is 0 Å². The predicted molar refractivity (Wildman–Crippen MR) is 81.8 cm³/mol. The monoisotopic (exact) mass is 333 g/mol. The summed E-state index contributed by atoms with van der Waals surface area (Å²) < 4.78 is 36.2. The van der Waals surface area contributed by atoms with Gasteiger partial charge in [-0.3, -0.25) is 4.98 Å². The highest BCUT2D eigenvalue weighted by Crippen LogP contribution is 2.29. The van der Waals surface area contributed by atoms with Crippen LogP contribution in [0, 0.1) is 20.8 Å². The lowest BCUT2D eigenvalue weighted by Gasteiger charge is -2.07. The Labute approximate surface area is 133 Å². The normalized spacial score (nSPS) is 10.0. The molecule has 0 unspecified atom stereocenters. The van der Waals surface area contributed by atoms with Gasteiger partial charge < -0.3 is 0 Å². The van der Waals surface area contributed by atoms with Gasteiger partial charge in [0, 0.05) is 11.9 Å². The van der Waals surface area contributed by atoms with Crippen LogP contribution in [0.1, 0.15) is 36.4 Å². The summed E-state index contributed by atoms with van der Waals surface area (Å²) in [6.45, 7) is 9.15. The van der Waals surface area contributed by atoms with Crippen molar-refractivity contribution < 1.29 is 13.2 Å². The smallest absolute Gasteiger partial charge is 0.261 e. The van der Waals surface area contributed by atoms with Crippen LogP contribution in [0.5, 0.6) is 0 Å². The Kier molecular flexibility index (Phi) is 8.63. The molecule has 2 aromatic heterocycles. The van der Waals surface area contributed by atoms with Gasteiger partial charge in [0.25, 0.3) is 0 Å². The van der Waals surface area contributed by atoms with E-state index in [4.69, 9.17) is 11.6 Å². The zero-order chi connectivity index (χ0) is 17.3. The molecule has 0 spiro atoms. The molecule has 0 saturated carbocycles. The first-order chi connectivity index (χ1) is 10.2. The van der Waals surface area contributed by atoms with Crippen molar-refractivity contribution in [1.82, 2.24) is 15.2 Å². The first kappa shape index (κ1) is 20.3. The summed E-state index contributed by atoms with van der Waals surface area (Å²) in [5, 5.41) is 7.73. The minimum absolute atomic E-state index is 0.440. The van der Waals surface area contributed by atoms with Crippen molar-refractivity contribution in [3.63, 3.8) is 0 Å². The fraction of sp³-hybridized carbons (Fsp3) is 0.400. The van der Waals surface area contributed by atoms with Gasteiger partial charge in [0.1, 0.15) is 0 Å². The quantitative estimate of drug-likeness (QED) is 0.666. The van der Waals surface area contributed by atoms with E-state index in [1.165, 1.54) is 0 Å². The number of alkyl halides is 3.